The molecule has 1 aliphatic rings. The van der Waals surface area contributed by atoms with Gasteiger partial charge >= 0.3 is 0 Å². The Balaban J connectivity index is 1.26. The number of fused-ring (bicyclic) bond motifs is 2. The lowest BCUT2D eigenvalue weighted by Gasteiger charge is -2.19. The fourth-order valence-corrected chi connectivity index (χ4v) is 4.22. The Morgan fingerprint density at radius 3 is 1.59 bits per heavy atom. The Morgan fingerprint density at radius 2 is 1.14 bits per heavy atom. The zero-order valence-electron chi connectivity index (χ0n) is 16.8. The summed E-state index contributed by atoms with van der Waals surface area (Å²) in [5.74, 6) is 3.74. The molecule has 1 saturated carbocycles. The molecule has 4 aromatic carbocycles. The molecule has 2 unspecified atom stereocenters. The first kappa shape index (κ1) is 18.1. The van der Waals surface area contributed by atoms with E-state index in [1.165, 1.54) is 28.0 Å². The van der Waals surface area contributed by atoms with Crippen LogP contribution in [0.4, 0.5) is 0 Å². The summed E-state index contributed by atoms with van der Waals surface area (Å²) in [7, 11) is 0. The topological polar surface area (TPSA) is 18.5 Å². The van der Waals surface area contributed by atoms with Crippen LogP contribution in [0.1, 0.15) is 13.3 Å². The minimum atomic E-state index is 0.406. The van der Waals surface area contributed by atoms with Gasteiger partial charge in [-0.05, 0) is 64.1 Å². The minimum absolute atomic E-state index is 0.406. The highest BCUT2D eigenvalue weighted by atomic mass is 16.5. The van der Waals surface area contributed by atoms with E-state index >= 15 is 0 Å². The van der Waals surface area contributed by atoms with Gasteiger partial charge in [0.25, 0.3) is 0 Å². The molecule has 0 N–H and O–H groups in total. The summed E-state index contributed by atoms with van der Waals surface area (Å²) in [5.41, 5.74) is 0. The Hall–Kier alpha value is -3.00. The number of benzene rings is 4. The fourth-order valence-electron chi connectivity index (χ4n) is 4.22. The van der Waals surface area contributed by atoms with E-state index in [0.717, 1.165) is 17.4 Å². The van der Waals surface area contributed by atoms with Crippen molar-refractivity contribution in [2.75, 3.05) is 13.2 Å². The lowest BCUT2D eigenvalue weighted by atomic mass is 10.0. The number of hydrogen-bond donors (Lipinski definition) is 0. The second-order valence-corrected chi connectivity index (χ2v) is 8.28. The predicted molar refractivity (Wildman–Crippen MR) is 120 cm³/mol. The zero-order valence-corrected chi connectivity index (χ0v) is 16.8. The SMILES string of the molecule is CC1CC1C(COc1ccc2ccccc2c1)COc1ccc2ccccc2c1. The lowest BCUT2D eigenvalue weighted by Crippen LogP contribution is -2.22. The van der Waals surface area contributed by atoms with E-state index in [-0.39, 0.29) is 0 Å². The van der Waals surface area contributed by atoms with Gasteiger partial charge < -0.3 is 9.47 Å². The predicted octanol–water partition coefficient (Wildman–Crippen LogP) is 6.72. The van der Waals surface area contributed by atoms with Crippen LogP contribution in [0.15, 0.2) is 84.9 Å². The number of ether oxygens (including phenoxy) is 2. The molecule has 29 heavy (non-hydrogen) atoms. The summed E-state index contributed by atoms with van der Waals surface area (Å²) in [6.45, 7) is 3.71. The van der Waals surface area contributed by atoms with Gasteiger partial charge in [-0.1, -0.05) is 67.6 Å². The molecule has 5 rings (SSSR count). The van der Waals surface area contributed by atoms with Crippen molar-refractivity contribution in [3.8, 4) is 11.5 Å². The van der Waals surface area contributed by atoms with Crippen LogP contribution in [0, 0.1) is 17.8 Å². The fraction of sp³-hybridized carbons (Fsp3) is 0.259. The molecule has 146 valence electrons. The average Bonchev–Trinajstić information content (AvgIpc) is 3.49. The van der Waals surface area contributed by atoms with Crippen molar-refractivity contribution in [1.82, 2.24) is 0 Å². The molecule has 0 amide bonds. The molecule has 0 radical (unpaired) electrons. The molecule has 0 spiro atoms. The molecule has 2 nitrogen and oxygen atoms in total. The monoisotopic (exact) mass is 382 g/mol. The molecule has 2 heteroatoms. The third kappa shape index (κ3) is 4.07. The molecule has 4 aromatic rings. The van der Waals surface area contributed by atoms with Gasteiger partial charge in [-0.15, -0.1) is 0 Å². The van der Waals surface area contributed by atoms with E-state index in [1.807, 2.05) is 0 Å². The first-order valence-electron chi connectivity index (χ1n) is 10.5. The van der Waals surface area contributed by atoms with Crippen LogP contribution in [0.2, 0.25) is 0 Å². The molecule has 0 heterocycles. The highest BCUT2D eigenvalue weighted by Crippen LogP contribution is 2.44. The van der Waals surface area contributed by atoms with Crippen molar-refractivity contribution in [2.45, 2.75) is 13.3 Å². The Morgan fingerprint density at radius 1 is 0.690 bits per heavy atom. The van der Waals surface area contributed by atoms with E-state index in [4.69, 9.17) is 9.47 Å². The van der Waals surface area contributed by atoms with Gasteiger partial charge in [0.1, 0.15) is 11.5 Å². The normalized spacial score (nSPS) is 18.3. The maximum Gasteiger partial charge on any atom is 0.119 e. The van der Waals surface area contributed by atoms with Crippen LogP contribution in [0.3, 0.4) is 0 Å². The summed E-state index contributed by atoms with van der Waals surface area (Å²) in [5, 5.41) is 4.92. The van der Waals surface area contributed by atoms with Crippen molar-refractivity contribution in [3.63, 3.8) is 0 Å². The summed E-state index contributed by atoms with van der Waals surface area (Å²) in [4.78, 5) is 0. The molecular weight excluding hydrogens is 356 g/mol. The molecule has 0 saturated heterocycles. The molecule has 0 aromatic heterocycles. The Bertz CT molecular complexity index is 1050. The quantitative estimate of drug-likeness (QED) is 0.353. The van der Waals surface area contributed by atoms with Crippen molar-refractivity contribution < 1.29 is 9.47 Å². The van der Waals surface area contributed by atoms with Gasteiger partial charge in [0.05, 0.1) is 13.2 Å². The first-order valence-corrected chi connectivity index (χ1v) is 10.5. The maximum atomic E-state index is 6.20. The second kappa shape index (κ2) is 7.79. The minimum Gasteiger partial charge on any atom is -0.493 e. The Kier molecular flexibility index (Phi) is 4.85. The van der Waals surface area contributed by atoms with Crippen molar-refractivity contribution in [1.29, 1.82) is 0 Å². The molecule has 2 atom stereocenters. The van der Waals surface area contributed by atoms with Gasteiger partial charge in [0.2, 0.25) is 0 Å². The van der Waals surface area contributed by atoms with E-state index in [1.54, 1.807) is 0 Å². The standard InChI is InChI=1S/C27H26O2/c1-19-14-27(19)24(17-28-25-12-10-20-6-2-4-8-22(20)15-25)18-29-26-13-11-21-7-3-5-9-23(21)16-26/h2-13,15-16,19,24,27H,14,17-18H2,1H3. The molecular formula is C27H26O2. The van der Waals surface area contributed by atoms with E-state index in [2.05, 4.69) is 91.9 Å². The van der Waals surface area contributed by atoms with Gasteiger partial charge in [-0.2, -0.15) is 0 Å². The number of hydrogen-bond acceptors (Lipinski definition) is 2. The van der Waals surface area contributed by atoms with E-state index in [9.17, 15) is 0 Å². The van der Waals surface area contributed by atoms with Crippen LogP contribution in [-0.4, -0.2) is 13.2 Å². The third-order valence-electron chi connectivity index (χ3n) is 6.15. The van der Waals surface area contributed by atoms with Crippen molar-refractivity contribution in [3.05, 3.63) is 84.9 Å². The summed E-state index contributed by atoms with van der Waals surface area (Å²) < 4.78 is 12.4. The Labute approximate surface area is 172 Å². The van der Waals surface area contributed by atoms with Crippen LogP contribution in [-0.2, 0) is 0 Å². The molecule has 0 bridgehead atoms. The highest BCUT2D eigenvalue weighted by molar-refractivity contribution is 5.84. The highest BCUT2D eigenvalue weighted by Gasteiger charge is 2.40. The average molecular weight is 383 g/mol. The van der Waals surface area contributed by atoms with Crippen LogP contribution in [0.25, 0.3) is 21.5 Å². The van der Waals surface area contributed by atoms with Crippen LogP contribution >= 0.6 is 0 Å². The number of rotatable bonds is 7. The van der Waals surface area contributed by atoms with E-state index < -0.39 is 0 Å². The largest absolute Gasteiger partial charge is 0.493 e. The first-order chi connectivity index (χ1) is 14.3. The van der Waals surface area contributed by atoms with Gasteiger partial charge in [0.15, 0.2) is 0 Å². The second-order valence-electron chi connectivity index (χ2n) is 8.28. The zero-order chi connectivity index (χ0) is 19.6. The molecule has 1 fully saturated rings. The third-order valence-corrected chi connectivity index (χ3v) is 6.15. The summed E-state index contributed by atoms with van der Waals surface area (Å²) in [6.07, 6.45) is 1.27. The summed E-state index contributed by atoms with van der Waals surface area (Å²) in [6, 6.07) is 29.5. The van der Waals surface area contributed by atoms with Crippen LogP contribution in [0.5, 0.6) is 11.5 Å². The smallest absolute Gasteiger partial charge is 0.119 e. The lowest BCUT2D eigenvalue weighted by molar-refractivity contribution is 0.157. The molecule has 0 aliphatic heterocycles. The van der Waals surface area contributed by atoms with Gasteiger partial charge in [-0.25, -0.2) is 0 Å². The van der Waals surface area contributed by atoms with Crippen LogP contribution < -0.4 is 9.47 Å². The summed E-state index contributed by atoms with van der Waals surface area (Å²) >= 11 is 0. The van der Waals surface area contributed by atoms with Crippen molar-refractivity contribution in [2.24, 2.45) is 17.8 Å². The van der Waals surface area contributed by atoms with Gasteiger partial charge in [0, 0.05) is 5.92 Å². The van der Waals surface area contributed by atoms with E-state index in [0.29, 0.717) is 25.0 Å². The maximum absolute atomic E-state index is 6.20. The van der Waals surface area contributed by atoms with Gasteiger partial charge in [-0.3, -0.25) is 0 Å². The molecule has 1 aliphatic carbocycles. The van der Waals surface area contributed by atoms with Crippen molar-refractivity contribution >= 4 is 21.5 Å².